The van der Waals surface area contributed by atoms with Gasteiger partial charge in [0, 0.05) is 11.8 Å². The largest absolute Gasteiger partial charge is 0.494 e. The maximum absolute atomic E-state index is 5.63. The molecule has 0 aliphatic carbocycles. The summed E-state index contributed by atoms with van der Waals surface area (Å²) in [6.45, 7) is 1.87. The van der Waals surface area contributed by atoms with E-state index in [1.807, 2.05) is 42.1 Å². The summed E-state index contributed by atoms with van der Waals surface area (Å²) in [5.41, 5.74) is 0. The van der Waals surface area contributed by atoms with Crippen LogP contribution < -0.4 is 10.1 Å². The van der Waals surface area contributed by atoms with Crippen LogP contribution in [-0.2, 0) is 0 Å². The number of hydrogen-bond donors (Lipinski definition) is 1. The van der Waals surface area contributed by atoms with Crippen molar-refractivity contribution in [2.24, 2.45) is 0 Å². The van der Waals surface area contributed by atoms with E-state index in [0.717, 1.165) is 31.4 Å². The number of nitrogens with one attached hydrogen (secondary N) is 1. The molecular weight excluding hydrogens is 218 g/mol. The predicted molar refractivity (Wildman–Crippen MR) is 70.3 cm³/mol. The Bertz CT molecular complexity index is 285. The summed E-state index contributed by atoms with van der Waals surface area (Å²) >= 11 is 2.05. The van der Waals surface area contributed by atoms with Crippen molar-refractivity contribution in [3.63, 3.8) is 0 Å². The van der Waals surface area contributed by atoms with Crippen LogP contribution in [0.5, 0.6) is 5.75 Å². The standard InChI is InChI=1S/C13H19NOS/c1-2-5-13(6-3-1)15-9-4-8-14-12-7-10-16-11-12/h1-3,5-6,12,14H,4,7-11H2. The van der Waals surface area contributed by atoms with Crippen LogP contribution in [0.25, 0.3) is 0 Å². The van der Waals surface area contributed by atoms with E-state index < -0.39 is 0 Å². The van der Waals surface area contributed by atoms with Crippen LogP contribution in [0.2, 0.25) is 0 Å². The lowest BCUT2D eigenvalue weighted by Crippen LogP contribution is -2.30. The molecule has 1 aliphatic heterocycles. The molecule has 0 saturated carbocycles. The Morgan fingerprint density at radius 1 is 1.31 bits per heavy atom. The molecule has 0 amide bonds. The average Bonchev–Trinajstić information content (AvgIpc) is 2.83. The van der Waals surface area contributed by atoms with E-state index in [2.05, 4.69) is 5.32 Å². The highest BCUT2D eigenvalue weighted by atomic mass is 32.2. The monoisotopic (exact) mass is 237 g/mol. The molecule has 1 unspecified atom stereocenters. The molecule has 1 aromatic rings. The average molecular weight is 237 g/mol. The van der Waals surface area contributed by atoms with Crippen molar-refractivity contribution in [3.8, 4) is 5.75 Å². The minimum absolute atomic E-state index is 0.738. The Balaban J connectivity index is 1.52. The summed E-state index contributed by atoms with van der Waals surface area (Å²) < 4.78 is 5.63. The van der Waals surface area contributed by atoms with Gasteiger partial charge in [0.2, 0.25) is 0 Å². The van der Waals surface area contributed by atoms with E-state index in [-0.39, 0.29) is 0 Å². The number of para-hydroxylation sites is 1. The van der Waals surface area contributed by atoms with Crippen molar-refractivity contribution in [2.45, 2.75) is 18.9 Å². The predicted octanol–water partition coefficient (Wildman–Crippen LogP) is 2.55. The molecule has 2 nitrogen and oxygen atoms in total. The summed E-state index contributed by atoms with van der Waals surface area (Å²) in [7, 11) is 0. The number of benzene rings is 1. The molecule has 0 bridgehead atoms. The molecule has 1 aromatic carbocycles. The molecule has 16 heavy (non-hydrogen) atoms. The molecule has 0 spiro atoms. The molecule has 2 rings (SSSR count). The smallest absolute Gasteiger partial charge is 0.119 e. The van der Waals surface area contributed by atoms with Crippen LogP contribution in [0.1, 0.15) is 12.8 Å². The van der Waals surface area contributed by atoms with Gasteiger partial charge in [-0.1, -0.05) is 18.2 Å². The quantitative estimate of drug-likeness (QED) is 0.768. The molecule has 1 heterocycles. The lowest BCUT2D eigenvalue weighted by Gasteiger charge is -2.11. The molecule has 88 valence electrons. The number of rotatable bonds is 6. The zero-order valence-electron chi connectivity index (χ0n) is 9.52. The van der Waals surface area contributed by atoms with Crippen LogP contribution in [0, 0.1) is 0 Å². The second-order valence-electron chi connectivity index (χ2n) is 4.03. The Hall–Kier alpha value is -0.670. The van der Waals surface area contributed by atoms with Gasteiger partial charge in [0.15, 0.2) is 0 Å². The van der Waals surface area contributed by atoms with Crippen LogP contribution in [0.3, 0.4) is 0 Å². The normalized spacial score (nSPS) is 19.9. The van der Waals surface area contributed by atoms with Crippen molar-refractivity contribution < 1.29 is 4.74 Å². The fourth-order valence-electron chi connectivity index (χ4n) is 1.78. The molecule has 3 heteroatoms. The van der Waals surface area contributed by atoms with Crippen LogP contribution in [0.4, 0.5) is 0 Å². The SMILES string of the molecule is c1ccc(OCCCNC2CCSC2)cc1. The summed E-state index contributed by atoms with van der Waals surface area (Å²) in [5.74, 6) is 3.57. The highest BCUT2D eigenvalue weighted by Crippen LogP contribution is 2.16. The van der Waals surface area contributed by atoms with Crippen LogP contribution in [0.15, 0.2) is 30.3 Å². The Morgan fingerprint density at radius 3 is 2.94 bits per heavy atom. The molecular formula is C13H19NOS. The highest BCUT2D eigenvalue weighted by molar-refractivity contribution is 7.99. The molecule has 1 fully saturated rings. The van der Waals surface area contributed by atoms with Crippen molar-refractivity contribution in [1.29, 1.82) is 0 Å². The topological polar surface area (TPSA) is 21.3 Å². The van der Waals surface area contributed by atoms with Gasteiger partial charge in [-0.2, -0.15) is 11.8 Å². The Morgan fingerprint density at radius 2 is 2.19 bits per heavy atom. The fraction of sp³-hybridized carbons (Fsp3) is 0.538. The van der Waals surface area contributed by atoms with Gasteiger partial charge < -0.3 is 10.1 Å². The zero-order chi connectivity index (χ0) is 11.1. The van der Waals surface area contributed by atoms with Gasteiger partial charge in [-0.3, -0.25) is 0 Å². The maximum Gasteiger partial charge on any atom is 0.119 e. The summed E-state index contributed by atoms with van der Waals surface area (Å²) in [6.07, 6.45) is 2.40. The van der Waals surface area contributed by atoms with Crippen molar-refractivity contribution >= 4 is 11.8 Å². The minimum atomic E-state index is 0.738. The van der Waals surface area contributed by atoms with Gasteiger partial charge >= 0.3 is 0 Å². The van der Waals surface area contributed by atoms with Crippen LogP contribution >= 0.6 is 11.8 Å². The minimum Gasteiger partial charge on any atom is -0.494 e. The first-order chi connectivity index (χ1) is 7.95. The van der Waals surface area contributed by atoms with E-state index in [9.17, 15) is 0 Å². The molecule has 1 saturated heterocycles. The molecule has 1 atom stereocenters. The third-order valence-electron chi connectivity index (χ3n) is 2.70. The van der Waals surface area contributed by atoms with Gasteiger partial charge in [-0.15, -0.1) is 0 Å². The first kappa shape index (κ1) is 11.8. The van der Waals surface area contributed by atoms with Crippen molar-refractivity contribution in [1.82, 2.24) is 5.32 Å². The maximum atomic E-state index is 5.63. The van der Waals surface area contributed by atoms with Crippen LogP contribution in [-0.4, -0.2) is 30.7 Å². The highest BCUT2D eigenvalue weighted by Gasteiger charge is 2.13. The van der Waals surface area contributed by atoms with Crippen molar-refractivity contribution in [2.75, 3.05) is 24.7 Å². The number of hydrogen-bond acceptors (Lipinski definition) is 3. The first-order valence-corrected chi connectivity index (χ1v) is 7.09. The number of ether oxygens (including phenoxy) is 1. The molecule has 0 radical (unpaired) electrons. The first-order valence-electron chi connectivity index (χ1n) is 5.94. The van der Waals surface area contributed by atoms with E-state index in [1.54, 1.807) is 0 Å². The van der Waals surface area contributed by atoms with Gasteiger partial charge in [0.05, 0.1) is 6.61 Å². The third kappa shape index (κ3) is 4.06. The second-order valence-corrected chi connectivity index (χ2v) is 5.18. The van der Waals surface area contributed by atoms with Gasteiger partial charge in [0.25, 0.3) is 0 Å². The number of thioether (sulfide) groups is 1. The third-order valence-corrected chi connectivity index (χ3v) is 3.86. The summed E-state index contributed by atoms with van der Waals surface area (Å²) in [5, 5.41) is 3.57. The van der Waals surface area contributed by atoms with Gasteiger partial charge in [0.1, 0.15) is 5.75 Å². The van der Waals surface area contributed by atoms with Gasteiger partial charge in [-0.25, -0.2) is 0 Å². The summed E-state index contributed by atoms with van der Waals surface area (Å²) in [4.78, 5) is 0. The molecule has 0 aromatic heterocycles. The lowest BCUT2D eigenvalue weighted by molar-refractivity contribution is 0.305. The van der Waals surface area contributed by atoms with Crippen molar-refractivity contribution in [3.05, 3.63) is 30.3 Å². The van der Waals surface area contributed by atoms with E-state index in [1.165, 1.54) is 17.9 Å². The van der Waals surface area contributed by atoms with E-state index in [4.69, 9.17) is 4.74 Å². The van der Waals surface area contributed by atoms with E-state index >= 15 is 0 Å². The lowest BCUT2D eigenvalue weighted by atomic mass is 10.2. The van der Waals surface area contributed by atoms with E-state index in [0.29, 0.717) is 0 Å². The van der Waals surface area contributed by atoms with Gasteiger partial charge in [-0.05, 0) is 37.3 Å². The summed E-state index contributed by atoms with van der Waals surface area (Å²) in [6, 6.07) is 10.8. The molecule has 1 N–H and O–H groups in total. The Labute approximate surface area is 102 Å². The zero-order valence-corrected chi connectivity index (χ0v) is 10.3. The second kappa shape index (κ2) is 6.81. The fourth-order valence-corrected chi connectivity index (χ4v) is 2.97. The Kier molecular flexibility index (Phi) is 5.03. The molecule has 1 aliphatic rings.